The van der Waals surface area contributed by atoms with Crippen molar-refractivity contribution in [1.82, 2.24) is 0 Å². The second kappa shape index (κ2) is 4.21. The minimum Gasteiger partial charge on any atom is -0.465 e. The van der Waals surface area contributed by atoms with Gasteiger partial charge < -0.3 is 4.74 Å². The molecule has 0 spiro atoms. The molecule has 2 nitrogen and oxygen atoms in total. The lowest BCUT2D eigenvalue weighted by Gasteiger charge is -2.21. The Morgan fingerprint density at radius 3 is 2.71 bits per heavy atom. The largest absolute Gasteiger partial charge is 0.465 e. The number of benzene rings is 2. The van der Waals surface area contributed by atoms with Crippen molar-refractivity contribution < 1.29 is 9.53 Å². The Labute approximate surface area is 100 Å². The molecule has 1 aliphatic rings. The molecular formula is C15H14O2. The first kappa shape index (κ1) is 10.3. The molecule has 0 unspecified atom stereocenters. The molecule has 2 aromatic rings. The minimum absolute atomic E-state index is 0.0756. The monoisotopic (exact) mass is 226 g/mol. The van der Waals surface area contributed by atoms with Crippen molar-refractivity contribution in [1.29, 1.82) is 0 Å². The average molecular weight is 226 g/mol. The summed E-state index contributed by atoms with van der Waals surface area (Å²) in [5.74, 6) is -0.153. The van der Waals surface area contributed by atoms with Crippen LogP contribution in [0.4, 0.5) is 0 Å². The van der Waals surface area contributed by atoms with Gasteiger partial charge in [0.1, 0.15) is 0 Å². The van der Waals surface area contributed by atoms with E-state index in [9.17, 15) is 4.79 Å². The van der Waals surface area contributed by atoms with Crippen molar-refractivity contribution in [2.45, 2.75) is 18.8 Å². The average Bonchev–Trinajstić information content (AvgIpc) is 2.39. The number of esters is 1. The smallest absolute Gasteiger partial charge is 0.313 e. The van der Waals surface area contributed by atoms with Crippen LogP contribution in [-0.4, -0.2) is 12.6 Å². The van der Waals surface area contributed by atoms with E-state index >= 15 is 0 Å². The van der Waals surface area contributed by atoms with Crippen LogP contribution in [0.5, 0.6) is 0 Å². The molecule has 0 aromatic heterocycles. The Morgan fingerprint density at radius 1 is 1.06 bits per heavy atom. The maximum Gasteiger partial charge on any atom is 0.313 e. The van der Waals surface area contributed by atoms with Gasteiger partial charge in [0.2, 0.25) is 0 Å². The number of rotatable bonds is 1. The fourth-order valence-corrected chi connectivity index (χ4v) is 2.41. The number of ether oxygens (including phenoxy) is 1. The first-order chi connectivity index (χ1) is 8.34. The van der Waals surface area contributed by atoms with Gasteiger partial charge in [0.05, 0.1) is 12.5 Å². The molecular weight excluding hydrogens is 212 g/mol. The van der Waals surface area contributed by atoms with Gasteiger partial charge in [-0.1, -0.05) is 42.5 Å². The Kier molecular flexibility index (Phi) is 2.56. The van der Waals surface area contributed by atoms with Crippen LogP contribution in [0.1, 0.15) is 24.3 Å². The molecule has 3 rings (SSSR count). The zero-order valence-corrected chi connectivity index (χ0v) is 9.56. The lowest BCUT2D eigenvalue weighted by molar-refractivity contribution is -0.149. The second-order valence-corrected chi connectivity index (χ2v) is 4.47. The molecule has 1 atom stereocenters. The lowest BCUT2D eigenvalue weighted by Crippen LogP contribution is -2.22. The number of carbonyl (C=O) groups is 1. The quantitative estimate of drug-likeness (QED) is 0.698. The Morgan fingerprint density at radius 2 is 1.88 bits per heavy atom. The molecule has 86 valence electrons. The lowest BCUT2D eigenvalue weighted by atomic mass is 9.91. The molecule has 2 aromatic carbocycles. The highest BCUT2D eigenvalue weighted by molar-refractivity contribution is 5.86. The summed E-state index contributed by atoms with van der Waals surface area (Å²) in [5.41, 5.74) is 1.08. The van der Waals surface area contributed by atoms with Gasteiger partial charge in [-0.2, -0.15) is 0 Å². The fourth-order valence-electron chi connectivity index (χ4n) is 2.41. The molecule has 17 heavy (non-hydrogen) atoms. The van der Waals surface area contributed by atoms with E-state index in [1.807, 2.05) is 18.2 Å². The van der Waals surface area contributed by atoms with E-state index in [4.69, 9.17) is 4.74 Å². The summed E-state index contributed by atoms with van der Waals surface area (Å²) in [4.78, 5) is 11.7. The van der Waals surface area contributed by atoms with E-state index in [1.165, 1.54) is 10.8 Å². The van der Waals surface area contributed by atoms with E-state index < -0.39 is 0 Å². The molecule has 1 saturated heterocycles. The molecule has 0 bridgehead atoms. The number of hydrogen-bond donors (Lipinski definition) is 0. The van der Waals surface area contributed by atoms with Crippen LogP contribution in [0.3, 0.4) is 0 Å². The Hall–Kier alpha value is -1.83. The van der Waals surface area contributed by atoms with Gasteiger partial charge in [-0.15, -0.1) is 0 Å². The number of fused-ring (bicyclic) bond motifs is 1. The number of hydrogen-bond acceptors (Lipinski definition) is 2. The van der Waals surface area contributed by atoms with Gasteiger partial charge in [-0.25, -0.2) is 0 Å². The predicted octanol–water partition coefficient (Wildman–Crippen LogP) is 3.26. The van der Waals surface area contributed by atoms with E-state index in [2.05, 4.69) is 24.3 Å². The van der Waals surface area contributed by atoms with Gasteiger partial charge in [-0.05, 0) is 29.2 Å². The van der Waals surface area contributed by atoms with E-state index in [-0.39, 0.29) is 11.9 Å². The maximum atomic E-state index is 11.7. The van der Waals surface area contributed by atoms with Crippen molar-refractivity contribution >= 4 is 16.7 Å². The van der Waals surface area contributed by atoms with Crippen LogP contribution in [0, 0.1) is 0 Å². The van der Waals surface area contributed by atoms with Crippen molar-refractivity contribution in [2.75, 3.05) is 6.61 Å². The van der Waals surface area contributed by atoms with Gasteiger partial charge in [0, 0.05) is 0 Å². The van der Waals surface area contributed by atoms with E-state index in [0.29, 0.717) is 6.61 Å². The highest BCUT2D eigenvalue weighted by Gasteiger charge is 2.25. The summed E-state index contributed by atoms with van der Waals surface area (Å²) in [5, 5.41) is 2.39. The molecule has 1 aliphatic heterocycles. The highest BCUT2D eigenvalue weighted by atomic mass is 16.5. The van der Waals surface area contributed by atoms with Gasteiger partial charge in [0.15, 0.2) is 0 Å². The summed E-state index contributed by atoms with van der Waals surface area (Å²) < 4.78 is 5.12. The topological polar surface area (TPSA) is 26.3 Å². The van der Waals surface area contributed by atoms with Crippen LogP contribution in [-0.2, 0) is 9.53 Å². The predicted molar refractivity (Wildman–Crippen MR) is 66.9 cm³/mol. The molecule has 1 fully saturated rings. The van der Waals surface area contributed by atoms with Crippen LogP contribution < -0.4 is 0 Å². The summed E-state index contributed by atoms with van der Waals surface area (Å²) in [6.45, 7) is 0.572. The summed E-state index contributed by atoms with van der Waals surface area (Å²) in [6.07, 6.45) is 1.86. The molecule has 0 amide bonds. The third-order valence-electron chi connectivity index (χ3n) is 3.34. The van der Waals surface area contributed by atoms with Gasteiger partial charge in [0.25, 0.3) is 0 Å². The van der Waals surface area contributed by atoms with E-state index in [0.717, 1.165) is 18.4 Å². The van der Waals surface area contributed by atoms with E-state index in [1.54, 1.807) is 0 Å². The van der Waals surface area contributed by atoms with Crippen molar-refractivity contribution in [3.05, 3.63) is 48.0 Å². The standard InChI is InChI=1S/C15H14O2/c16-15-14(6-3-9-17-15)13-8-7-11-4-1-2-5-12(11)10-13/h1-2,4-5,7-8,10,14H,3,6,9H2/t14-/m0/s1. The minimum atomic E-state index is -0.0773. The maximum absolute atomic E-state index is 11.7. The summed E-state index contributed by atoms with van der Waals surface area (Å²) >= 11 is 0. The number of carbonyl (C=O) groups excluding carboxylic acids is 1. The second-order valence-electron chi connectivity index (χ2n) is 4.47. The Balaban J connectivity index is 2.02. The van der Waals surface area contributed by atoms with Crippen LogP contribution in [0.25, 0.3) is 10.8 Å². The molecule has 1 heterocycles. The molecule has 0 N–H and O–H groups in total. The van der Waals surface area contributed by atoms with Crippen molar-refractivity contribution in [3.63, 3.8) is 0 Å². The third-order valence-corrected chi connectivity index (χ3v) is 3.34. The fraction of sp³-hybridized carbons (Fsp3) is 0.267. The molecule has 0 saturated carbocycles. The van der Waals surface area contributed by atoms with Crippen molar-refractivity contribution in [3.8, 4) is 0 Å². The normalized spacial score (nSPS) is 20.2. The van der Waals surface area contributed by atoms with Crippen LogP contribution in [0.2, 0.25) is 0 Å². The Bertz CT molecular complexity index is 560. The highest BCUT2D eigenvalue weighted by Crippen LogP contribution is 2.28. The third kappa shape index (κ3) is 1.91. The zero-order valence-electron chi connectivity index (χ0n) is 9.56. The molecule has 0 radical (unpaired) electrons. The molecule has 0 aliphatic carbocycles. The van der Waals surface area contributed by atoms with Crippen molar-refractivity contribution in [2.24, 2.45) is 0 Å². The summed E-state index contributed by atoms with van der Waals surface area (Å²) in [6, 6.07) is 14.4. The summed E-state index contributed by atoms with van der Waals surface area (Å²) in [7, 11) is 0. The zero-order chi connectivity index (χ0) is 11.7. The first-order valence-corrected chi connectivity index (χ1v) is 6.00. The van der Waals surface area contributed by atoms with Crippen LogP contribution in [0.15, 0.2) is 42.5 Å². The van der Waals surface area contributed by atoms with Crippen LogP contribution >= 0.6 is 0 Å². The van der Waals surface area contributed by atoms with Gasteiger partial charge in [-0.3, -0.25) is 4.79 Å². The first-order valence-electron chi connectivity index (χ1n) is 6.00. The molecule has 2 heteroatoms. The SMILES string of the molecule is O=C1OCCC[C@H]1c1ccc2ccccc2c1. The number of cyclic esters (lactones) is 1. The van der Waals surface area contributed by atoms with Gasteiger partial charge >= 0.3 is 5.97 Å².